The van der Waals surface area contributed by atoms with E-state index in [0.29, 0.717) is 17.1 Å². The van der Waals surface area contributed by atoms with Crippen molar-refractivity contribution in [2.75, 3.05) is 19.1 Å². The first kappa shape index (κ1) is 11.1. The quantitative estimate of drug-likeness (QED) is 0.714. The van der Waals surface area contributed by atoms with Crippen LogP contribution in [-0.4, -0.2) is 24.9 Å². The van der Waals surface area contributed by atoms with Crippen molar-refractivity contribution in [2.24, 2.45) is 0 Å². The molecule has 0 aliphatic rings. The Morgan fingerprint density at radius 1 is 1.50 bits per heavy atom. The molecular formula is C11H14O2S. The molecule has 0 bridgehead atoms. The summed E-state index contributed by atoms with van der Waals surface area (Å²) in [7, 11) is 1.58. The molecule has 0 aliphatic carbocycles. The van der Waals surface area contributed by atoms with Gasteiger partial charge in [-0.1, -0.05) is 11.6 Å². The summed E-state index contributed by atoms with van der Waals surface area (Å²) in [6.07, 6.45) is 1.92. The van der Waals surface area contributed by atoms with Crippen molar-refractivity contribution in [1.82, 2.24) is 0 Å². The number of ketones is 1. The lowest BCUT2D eigenvalue weighted by Crippen LogP contribution is -2.05. The minimum Gasteiger partial charge on any atom is -0.496 e. The van der Waals surface area contributed by atoms with Gasteiger partial charge in [0.2, 0.25) is 0 Å². The van der Waals surface area contributed by atoms with Crippen molar-refractivity contribution in [3.05, 3.63) is 29.3 Å². The maximum Gasteiger partial charge on any atom is 0.176 e. The lowest BCUT2D eigenvalue weighted by atomic mass is 10.1. The van der Waals surface area contributed by atoms with E-state index in [4.69, 9.17) is 4.74 Å². The zero-order valence-electron chi connectivity index (χ0n) is 8.66. The van der Waals surface area contributed by atoms with E-state index in [1.54, 1.807) is 7.11 Å². The lowest BCUT2D eigenvalue weighted by Gasteiger charge is -2.07. The summed E-state index contributed by atoms with van der Waals surface area (Å²) >= 11 is 1.52. The SMILES string of the molecule is COc1ccc(C)cc1C(=O)CSC. The van der Waals surface area contributed by atoms with Crippen LogP contribution in [-0.2, 0) is 0 Å². The second-order valence-corrected chi connectivity index (χ2v) is 3.93. The van der Waals surface area contributed by atoms with Gasteiger partial charge in [-0.05, 0) is 25.3 Å². The summed E-state index contributed by atoms with van der Waals surface area (Å²) < 4.78 is 5.14. The van der Waals surface area contributed by atoms with Crippen LogP contribution in [0, 0.1) is 6.92 Å². The van der Waals surface area contributed by atoms with Gasteiger partial charge in [0.25, 0.3) is 0 Å². The molecular weight excluding hydrogens is 196 g/mol. The van der Waals surface area contributed by atoms with E-state index in [0.717, 1.165) is 5.56 Å². The number of aryl methyl sites for hydroxylation is 1. The third-order valence-corrected chi connectivity index (χ3v) is 2.48. The normalized spacial score (nSPS) is 9.93. The predicted molar refractivity (Wildman–Crippen MR) is 60.4 cm³/mol. The van der Waals surface area contributed by atoms with Crippen LogP contribution in [0.15, 0.2) is 18.2 Å². The van der Waals surface area contributed by atoms with Crippen molar-refractivity contribution in [3.8, 4) is 5.75 Å². The molecule has 0 radical (unpaired) electrons. The van der Waals surface area contributed by atoms with Gasteiger partial charge in [0, 0.05) is 0 Å². The molecule has 0 heterocycles. The topological polar surface area (TPSA) is 26.3 Å². The van der Waals surface area contributed by atoms with Gasteiger partial charge in [-0.25, -0.2) is 0 Å². The molecule has 0 aromatic heterocycles. The van der Waals surface area contributed by atoms with Gasteiger partial charge in [-0.2, -0.15) is 11.8 Å². The van der Waals surface area contributed by atoms with Crippen LogP contribution in [0.2, 0.25) is 0 Å². The fourth-order valence-electron chi connectivity index (χ4n) is 1.25. The molecule has 0 unspecified atom stereocenters. The molecule has 0 aliphatic heterocycles. The molecule has 1 rings (SSSR count). The van der Waals surface area contributed by atoms with E-state index in [1.165, 1.54) is 11.8 Å². The molecule has 76 valence electrons. The van der Waals surface area contributed by atoms with Gasteiger partial charge in [-0.3, -0.25) is 4.79 Å². The molecule has 2 nitrogen and oxygen atoms in total. The largest absolute Gasteiger partial charge is 0.496 e. The molecule has 0 spiro atoms. The standard InChI is InChI=1S/C11H14O2S/c1-8-4-5-11(13-2)9(6-8)10(12)7-14-3/h4-6H,7H2,1-3H3. The van der Waals surface area contributed by atoms with Crippen molar-refractivity contribution >= 4 is 17.5 Å². The highest BCUT2D eigenvalue weighted by Gasteiger charge is 2.11. The lowest BCUT2D eigenvalue weighted by molar-refractivity contribution is 0.101. The highest BCUT2D eigenvalue weighted by Crippen LogP contribution is 2.21. The second-order valence-electron chi connectivity index (χ2n) is 3.06. The Bertz CT molecular complexity index is 334. The Balaban J connectivity index is 3.03. The van der Waals surface area contributed by atoms with Crippen molar-refractivity contribution in [1.29, 1.82) is 0 Å². The van der Waals surface area contributed by atoms with Crippen LogP contribution in [0.4, 0.5) is 0 Å². The minimum absolute atomic E-state index is 0.123. The van der Waals surface area contributed by atoms with Gasteiger partial charge in [0.1, 0.15) is 5.75 Å². The molecule has 1 aromatic rings. The fraction of sp³-hybridized carbons (Fsp3) is 0.364. The van der Waals surface area contributed by atoms with E-state index in [1.807, 2.05) is 31.4 Å². The molecule has 0 amide bonds. The van der Waals surface area contributed by atoms with E-state index in [9.17, 15) is 4.79 Å². The number of hydrogen-bond donors (Lipinski definition) is 0. The van der Waals surface area contributed by atoms with E-state index in [-0.39, 0.29) is 5.78 Å². The molecule has 0 atom stereocenters. The number of rotatable bonds is 4. The number of carbonyl (C=O) groups is 1. The third kappa shape index (κ3) is 2.51. The van der Waals surface area contributed by atoms with Gasteiger partial charge in [0.05, 0.1) is 18.4 Å². The van der Waals surface area contributed by atoms with Crippen LogP contribution < -0.4 is 4.74 Å². The zero-order chi connectivity index (χ0) is 10.6. The third-order valence-electron chi connectivity index (χ3n) is 1.93. The van der Waals surface area contributed by atoms with Crippen molar-refractivity contribution in [3.63, 3.8) is 0 Å². The maximum atomic E-state index is 11.7. The Kier molecular flexibility index (Phi) is 4.01. The van der Waals surface area contributed by atoms with Gasteiger partial charge in [-0.15, -0.1) is 0 Å². The highest BCUT2D eigenvalue weighted by atomic mass is 32.2. The number of Topliss-reactive ketones (excluding diaryl/α,β-unsaturated/α-hetero) is 1. The minimum atomic E-state index is 0.123. The first-order chi connectivity index (χ1) is 6.69. The van der Waals surface area contributed by atoms with Crippen LogP contribution in [0.3, 0.4) is 0 Å². The summed E-state index contributed by atoms with van der Waals surface area (Å²) in [6, 6.07) is 5.65. The van der Waals surface area contributed by atoms with Crippen LogP contribution >= 0.6 is 11.8 Å². The Labute approximate surface area is 88.7 Å². The Hall–Kier alpha value is -0.960. The number of thioether (sulfide) groups is 1. The van der Waals surface area contributed by atoms with Crippen LogP contribution in [0.25, 0.3) is 0 Å². The highest BCUT2D eigenvalue weighted by molar-refractivity contribution is 7.99. The number of ether oxygens (including phenoxy) is 1. The van der Waals surface area contributed by atoms with E-state index >= 15 is 0 Å². The average Bonchev–Trinajstić information content (AvgIpc) is 2.18. The fourth-order valence-corrected chi connectivity index (χ4v) is 1.67. The number of benzene rings is 1. The Morgan fingerprint density at radius 2 is 2.21 bits per heavy atom. The van der Waals surface area contributed by atoms with Crippen molar-refractivity contribution < 1.29 is 9.53 Å². The summed E-state index contributed by atoms with van der Waals surface area (Å²) in [6.45, 7) is 1.97. The van der Waals surface area contributed by atoms with E-state index in [2.05, 4.69) is 0 Å². The number of carbonyl (C=O) groups excluding carboxylic acids is 1. The summed E-state index contributed by atoms with van der Waals surface area (Å²) in [5, 5.41) is 0. The van der Waals surface area contributed by atoms with E-state index < -0.39 is 0 Å². The van der Waals surface area contributed by atoms with Crippen molar-refractivity contribution in [2.45, 2.75) is 6.92 Å². The monoisotopic (exact) mass is 210 g/mol. The molecule has 0 saturated carbocycles. The first-order valence-corrected chi connectivity index (χ1v) is 5.75. The van der Waals surface area contributed by atoms with Gasteiger partial charge >= 0.3 is 0 Å². The zero-order valence-corrected chi connectivity index (χ0v) is 9.48. The molecule has 0 fully saturated rings. The van der Waals surface area contributed by atoms with Gasteiger partial charge < -0.3 is 4.74 Å². The van der Waals surface area contributed by atoms with Crippen LogP contribution in [0.1, 0.15) is 15.9 Å². The number of methoxy groups -OCH3 is 1. The molecule has 14 heavy (non-hydrogen) atoms. The molecule has 0 N–H and O–H groups in total. The second kappa shape index (κ2) is 5.05. The molecule has 0 saturated heterocycles. The number of hydrogen-bond acceptors (Lipinski definition) is 3. The van der Waals surface area contributed by atoms with Crippen LogP contribution in [0.5, 0.6) is 5.75 Å². The maximum absolute atomic E-state index is 11.7. The predicted octanol–water partition coefficient (Wildman–Crippen LogP) is 2.55. The Morgan fingerprint density at radius 3 is 2.79 bits per heavy atom. The first-order valence-electron chi connectivity index (χ1n) is 4.36. The molecule has 3 heteroatoms. The average molecular weight is 210 g/mol. The molecule has 1 aromatic carbocycles. The summed E-state index contributed by atoms with van der Waals surface area (Å²) in [5.74, 6) is 1.28. The summed E-state index contributed by atoms with van der Waals surface area (Å²) in [4.78, 5) is 11.7. The summed E-state index contributed by atoms with van der Waals surface area (Å²) in [5.41, 5.74) is 1.76. The smallest absolute Gasteiger partial charge is 0.176 e. The van der Waals surface area contributed by atoms with Gasteiger partial charge in [0.15, 0.2) is 5.78 Å².